The zero-order valence-corrected chi connectivity index (χ0v) is 15.0. The summed E-state index contributed by atoms with van der Waals surface area (Å²) in [5.41, 5.74) is 6.43. The van der Waals surface area contributed by atoms with Crippen molar-refractivity contribution in [3.05, 3.63) is 38.3 Å². The van der Waals surface area contributed by atoms with Gasteiger partial charge in [-0.1, -0.05) is 35.8 Å². The van der Waals surface area contributed by atoms with E-state index in [1.165, 1.54) is 12.1 Å². The van der Waals surface area contributed by atoms with Gasteiger partial charge < -0.3 is 11.1 Å². The number of hydrogen-bond acceptors (Lipinski definition) is 4. The van der Waals surface area contributed by atoms with Crippen LogP contribution in [-0.4, -0.2) is 22.9 Å². The van der Waals surface area contributed by atoms with Crippen LogP contribution in [0.25, 0.3) is 0 Å². The Morgan fingerprint density at radius 3 is 2.45 bits per heavy atom. The number of benzene rings is 1. The average Bonchev–Trinajstić information content (AvgIpc) is 2.46. The molecule has 0 heterocycles. The summed E-state index contributed by atoms with van der Waals surface area (Å²) in [5, 5.41) is 13.5. The van der Waals surface area contributed by atoms with Crippen molar-refractivity contribution < 1.29 is 9.72 Å². The molecule has 0 radical (unpaired) electrons. The number of hydrogen-bond donors (Lipinski definition) is 2. The number of amides is 1. The summed E-state index contributed by atoms with van der Waals surface area (Å²) in [7, 11) is 0. The van der Waals surface area contributed by atoms with E-state index in [1.807, 2.05) is 13.8 Å². The van der Waals surface area contributed by atoms with Crippen molar-refractivity contribution in [1.29, 1.82) is 0 Å². The van der Waals surface area contributed by atoms with E-state index in [4.69, 9.17) is 5.73 Å². The molecule has 0 aliphatic carbocycles. The molecule has 0 atom stereocenters. The van der Waals surface area contributed by atoms with Gasteiger partial charge in [-0.2, -0.15) is 0 Å². The fraction of sp³-hybridized carbons (Fsp3) is 0.500. The molecule has 0 saturated carbocycles. The lowest BCUT2D eigenvalue weighted by Crippen LogP contribution is -2.49. The third-order valence-electron chi connectivity index (χ3n) is 3.64. The van der Waals surface area contributed by atoms with Crippen molar-refractivity contribution in [2.75, 3.05) is 6.54 Å². The monoisotopic (exact) mass is 393 g/mol. The summed E-state index contributed by atoms with van der Waals surface area (Å²) in [6.45, 7) is 4.40. The van der Waals surface area contributed by atoms with Crippen molar-refractivity contribution in [2.45, 2.75) is 38.6 Å². The quantitative estimate of drug-likeness (QED) is 0.548. The normalized spacial score (nSPS) is 10.7. The van der Waals surface area contributed by atoms with Crippen LogP contribution in [0.3, 0.4) is 0 Å². The number of non-ortho nitro benzene ring substituents is 1. The van der Waals surface area contributed by atoms with Gasteiger partial charge in [0.1, 0.15) is 0 Å². The van der Waals surface area contributed by atoms with Gasteiger partial charge in [-0.15, -0.1) is 12.4 Å². The first-order valence-electron chi connectivity index (χ1n) is 6.79. The molecule has 1 amide bonds. The minimum atomic E-state index is -0.472. The second-order valence-corrected chi connectivity index (χ2v) is 5.91. The molecule has 0 aromatic heterocycles. The number of nitrogens with two attached hydrogens (primary N) is 1. The van der Waals surface area contributed by atoms with E-state index < -0.39 is 4.92 Å². The van der Waals surface area contributed by atoms with Crippen LogP contribution in [0.4, 0.5) is 5.69 Å². The molecule has 1 aromatic rings. The highest BCUT2D eigenvalue weighted by Crippen LogP contribution is 2.23. The summed E-state index contributed by atoms with van der Waals surface area (Å²) in [5.74, 6) is -0.152. The van der Waals surface area contributed by atoms with E-state index in [0.717, 1.165) is 12.8 Å². The molecular weight excluding hydrogens is 374 g/mol. The molecule has 0 aliphatic rings. The number of halogens is 2. The summed E-state index contributed by atoms with van der Waals surface area (Å²) in [4.78, 5) is 22.1. The largest absolute Gasteiger partial charge is 0.354 e. The molecule has 6 nitrogen and oxygen atoms in total. The van der Waals surface area contributed by atoms with Crippen molar-refractivity contribution >= 4 is 39.9 Å². The highest BCUT2D eigenvalue weighted by atomic mass is 79.9. The van der Waals surface area contributed by atoms with E-state index in [2.05, 4.69) is 21.2 Å². The van der Waals surface area contributed by atoms with Crippen LogP contribution in [0.2, 0.25) is 0 Å². The first-order valence-corrected chi connectivity index (χ1v) is 7.59. The maximum absolute atomic E-state index is 11.9. The maximum Gasteiger partial charge on any atom is 0.270 e. The molecule has 0 spiro atoms. The van der Waals surface area contributed by atoms with Gasteiger partial charge in [-0.25, -0.2) is 0 Å². The van der Waals surface area contributed by atoms with E-state index in [1.54, 1.807) is 6.07 Å². The Morgan fingerprint density at radius 1 is 1.41 bits per heavy atom. The van der Waals surface area contributed by atoms with E-state index >= 15 is 0 Å². The van der Waals surface area contributed by atoms with Gasteiger partial charge in [-0.05, 0) is 18.4 Å². The fourth-order valence-corrected chi connectivity index (χ4v) is 2.31. The molecule has 22 heavy (non-hydrogen) atoms. The van der Waals surface area contributed by atoms with Crippen LogP contribution in [0.15, 0.2) is 22.7 Å². The second-order valence-electron chi connectivity index (χ2n) is 5.06. The molecule has 3 N–H and O–H groups in total. The van der Waals surface area contributed by atoms with Crippen LogP contribution in [0.1, 0.15) is 32.3 Å². The number of nitrogens with one attached hydrogen (secondary N) is 1. The smallest absolute Gasteiger partial charge is 0.270 e. The minimum absolute atomic E-state index is 0. The number of nitro benzene ring substituents is 1. The number of nitrogens with zero attached hydrogens (tertiary/aromatic N) is 1. The number of rotatable bonds is 7. The summed E-state index contributed by atoms with van der Waals surface area (Å²) >= 11 is 3.25. The van der Waals surface area contributed by atoms with Crippen LogP contribution in [-0.2, 0) is 11.2 Å². The van der Waals surface area contributed by atoms with Crippen molar-refractivity contribution in [1.82, 2.24) is 5.32 Å². The van der Waals surface area contributed by atoms with Gasteiger partial charge in [0.25, 0.3) is 5.69 Å². The summed E-state index contributed by atoms with van der Waals surface area (Å²) in [6, 6.07) is 4.36. The molecule has 0 aliphatic heterocycles. The Morgan fingerprint density at radius 2 is 2.00 bits per heavy atom. The first kappa shape index (κ1) is 20.8. The third-order valence-corrected chi connectivity index (χ3v) is 4.38. The highest BCUT2D eigenvalue weighted by Gasteiger charge is 2.21. The summed E-state index contributed by atoms with van der Waals surface area (Å²) < 4.78 is 0.553. The lowest BCUT2D eigenvalue weighted by atomic mass is 9.94. The van der Waals surface area contributed by atoms with E-state index in [-0.39, 0.29) is 36.0 Å². The fourth-order valence-electron chi connectivity index (χ4n) is 1.80. The van der Waals surface area contributed by atoms with Crippen LogP contribution < -0.4 is 11.1 Å². The van der Waals surface area contributed by atoms with Crippen LogP contribution in [0.5, 0.6) is 0 Å². The minimum Gasteiger partial charge on any atom is -0.354 e. The standard InChI is InChI=1S/C14H20BrN3O3.ClH/c1-3-14(16,4-2)9-17-13(19)7-10-5-6-11(18(20)21)8-12(10)15;/h5-6,8H,3-4,7,9,16H2,1-2H3,(H,17,19);1H. The predicted octanol–water partition coefficient (Wildman–Crippen LogP) is 2.96. The number of carbonyl (C=O) groups is 1. The zero-order valence-electron chi connectivity index (χ0n) is 12.6. The van der Waals surface area contributed by atoms with E-state index in [9.17, 15) is 14.9 Å². The SMILES string of the molecule is CCC(N)(CC)CNC(=O)Cc1ccc([N+](=O)[O-])cc1Br.Cl. The van der Waals surface area contributed by atoms with Gasteiger partial charge in [0.15, 0.2) is 0 Å². The lowest BCUT2D eigenvalue weighted by molar-refractivity contribution is -0.384. The van der Waals surface area contributed by atoms with Gasteiger partial charge in [0.2, 0.25) is 5.91 Å². The molecule has 0 saturated heterocycles. The topological polar surface area (TPSA) is 98.3 Å². The third kappa shape index (κ3) is 5.90. The molecule has 1 rings (SSSR count). The number of carbonyl (C=O) groups excluding carboxylic acids is 1. The Bertz CT molecular complexity index is 536. The van der Waals surface area contributed by atoms with Crippen molar-refractivity contribution in [3.63, 3.8) is 0 Å². The second kappa shape index (κ2) is 9.07. The van der Waals surface area contributed by atoms with Crippen LogP contribution in [0, 0.1) is 10.1 Å². The van der Waals surface area contributed by atoms with E-state index in [0.29, 0.717) is 16.6 Å². The lowest BCUT2D eigenvalue weighted by Gasteiger charge is -2.26. The Hall–Kier alpha value is -1.18. The maximum atomic E-state index is 11.9. The predicted molar refractivity (Wildman–Crippen MR) is 92.3 cm³/mol. The number of nitro groups is 1. The Balaban J connectivity index is 0.00000441. The molecule has 1 aromatic carbocycles. The zero-order chi connectivity index (χ0) is 16.0. The first-order chi connectivity index (χ1) is 9.81. The van der Waals surface area contributed by atoms with Gasteiger partial charge in [0, 0.05) is 28.7 Å². The highest BCUT2D eigenvalue weighted by molar-refractivity contribution is 9.10. The Kier molecular flexibility index (Phi) is 8.58. The molecule has 0 fully saturated rings. The van der Waals surface area contributed by atoms with Gasteiger partial charge in [-0.3, -0.25) is 14.9 Å². The molecule has 0 unspecified atom stereocenters. The molecule has 8 heteroatoms. The van der Waals surface area contributed by atoms with Gasteiger partial charge >= 0.3 is 0 Å². The van der Waals surface area contributed by atoms with Crippen molar-refractivity contribution in [2.24, 2.45) is 5.73 Å². The Labute approximate surface area is 144 Å². The average molecular weight is 395 g/mol. The molecular formula is C14H21BrClN3O3. The molecule has 0 bridgehead atoms. The van der Waals surface area contributed by atoms with Gasteiger partial charge in [0.05, 0.1) is 11.3 Å². The van der Waals surface area contributed by atoms with Crippen LogP contribution >= 0.6 is 28.3 Å². The molecule has 124 valence electrons. The van der Waals surface area contributed by atoms with Crippen molar-refractivity contribution in [3.8, 4) is 0 Å². The summed E-state index contributed by atoms with van der Waals surface area (Å²) in [6.07, 6.45) is 1.72.